The standard InChI is InChI=1S/C9H12N4O/c1-5-6(2)13(4-8(11)14)9(12)7(5)3-10/h4,12H2,1-2H3,(H2,11,14). The summed E-state index contributed by atoms with van der Waals surface area (Å²) in [4.78, 5) is 10.7. The molecule has 1 aromatic rings. The summed E-state index contributed by atoms with van der Waals surface area (Å²) < 4.78 is 1.55. The molecule has 0 aliphatic carbocycles. The van der Waals surface area contributed by atoms with Crippen molar-refractivity contribution in [2.75, 3.05) is 5.73 Å². The SMILES string of the molecule is Cc1c(C#N)c(N)n(CC(N)=O)c1C. The number of hydrogen-bond donors (Lipinski definition) is 2. The maximum absolute atomic E-state index is 10.7. The summed E-state index contributed by atoms with van der Waals surface area (Å²) in [6.07, 6.45) is 0. The lowest BCUT2D eigenvalue weighted by molar-refractivity contribution is -0.118. The Morgan fingerprint density at radius 3 is 2.50 bits per heavy atom. The number of primary amides is 1. The van der Waals surface area contributed by atoms with E-state index >= 15 is 0 Å². The number of nitrogens with two attached hydrogens (primary N) is 2. The summed E-state index contributed by atoms with van der Waals surface area (Å²) in [7, 11) is 0. The van der Waals surface area contributed by atoms with Crippen LogP contribution in [0.3, 0.4) is 0 Å². The van der Waals surface area contributed by atoms with Crippen LogP contribution in [-0.2, 0) is 11.3 Å². The molecule has 4 N–H and O–H groups in total. The molecule has 0 aliphatic heterocycles. The van der Waals surface area contributed by atoms with Gasteiger partial charge in [-0.2, -0.15) is 5.26 Å². The van der Waals surface area contributed by atoms with E-state index in [-0.39, 0.29) is 6.54 Å². The number of carbonyl (C=O) groups is 1. The number of anilines is 1. The van der Waals surface area contributed by atoms with Crippen LogP contribution in [0.15, 0.2) is 0 Å². The van der Waals surface area contributed by atoms with E-state index in [1.54, 1.807) is 18.4 Å². The summed E-state index contributed by atoms with van der Waals surface area (Å²) in [5.74, 6) is -0.166. The molecular weight excluding hydrogens is 180 g/mol. The second-order valence-corrected chi connectivity index (χ2v) is 3.13. The predicted molar refractivity (Wildman–Crippen MR) is 52.2 cm³/mol. The first-order valence-corrected chi connectivity index (χ1v) is 4.12. The first-order chi connectivity index (χ1) is 6.49. The Kier molecular flexibility index (Phi) is 2.47. The number of rotatable bonds is 2. The van der Waals surface area contributed by atoms with Gasteiger partial charge in [0.2, 0.25) is 5.91 Å². The van der Waals surface area contributed by atoms with Crippen LogP contribution in [0.1, 0.15) is 16.8 Å². The van der Waals surface area contributed by atoms with Crippen molar-refractivity contribution in [2.45, 2.75) is 20.4 Å². The van der Waals surface area contributed by atoms with Gasteiger partial charge in [0.1, 0.15) is 18.4 Å². The quantitative estimate of drug-likeness (QED) is 0.692. The molecule has 0 saturated carbocycles. The van der Waals surface area contributed by atoms with Gasteiger partial charge in [0, 0.05) is 5.69 Å². The van der Waals surface area contributed by atoms with Crippen LogP contribution in [-0.4, -0.2) is 10.5 Å². The van der Waals surface area contributed by atoms with Gasteiger partial charge in [-0.15, -0.1) is 0 Å². The lowest BCUT2D eigenvalue weighted by Gasteiger charge is -2.05. The van der Waals surface area contributed by atoms with Crippen molar-refractivity contribution >= 4 is 11.7 Å². The van der Waals surface area contributed by atoms with E-state index in [9.17, 15) is 4.79 Å². The smallest absolute Gasteiger partial charge is 0.237 e. The van der Waals surface area contributed by atoms with Crippen LogP contribution < -0.4 is 11.5 Å². The highest BCUT2D eigenvalue weighted by molar-refractivity contribution is 5.75. The highest BCUT2D eigenvalue weighted by atomic mass is 16.1. The van der Waals surface area contributed by atoms with Gasteiger partial charge in [-0.3, -0.25) is 4.79 Å². The Labute approximate surface area is 81.9 Å². The molecule has 1 rings (SSSR count). The van der Waals surface area contributed by atoms with E-state index in [1.165, 1.54) is 0 Å². The van der Waals surface area contributed by atoms with Gasteiger partial charge in [-0.25, -0.2) is 0 Å². The molecule has 74 valence electrons. The number of nitrogen functional groups attached to an aromatic ring is 1. The van der Waals surface area contributed by atoms with Crippen LogP contribution in [0.2, 0.25) is 0 Å². The zero-order valence-electron chi connectivity index (χ0n) is 8.16. The number of aromatic nitrogens is 1. The van der Waals surface area contributed by atoms with Crippen molar-refractivity contribution in [3.8, 4) is 6.07 Å². The maximum atomic E-state index is 10.7. The van der Waals surface area contributed by atoms with Gasteiger partial charge < -0.3 is 16.0 Å². The van der Waals surface area contributed by atoms with E-state index in [0.717, 1.165) is 11.3 Å². The minimum Gasteiger partial charge on any atom is -0.384 e. The molecule has 0 radical (unpaired) electrons. The number of hydrogen-bond acceptors (Lipinski definition) is 3. The maximum Gasteiger partial charge on any atom is 0.237 e. The molecule has 14 heavy (non-hydrogen) atoms. The van der Waals surface area contributed by atoms with Crippen molar-refractivity contribution < 1.29 is 4.79 Å². The monoisotopic (exact) mass is 192 g/mol. The highest BCUT2D eigenvalue weighted by Crippen LogP contribution is 2.22. The molecule has 0 bridgehead atoms. The van der Waals surface area contributed by atoms with E-state index in [2.05, 4.69) is 0 Å². The molecule has 0 aromatic carbocycles. The average Bonchev–Trinajstić information content (AvgIpc) is 2.30. The van der Waals surface area contributed by atoms with Gasteiger partial charge >= 0.3 is 0 Å². The van der Waals surface area contributed by atoms with Crippen molar-refractivity contribution in [3.63, 3.8) is 0 Å². The van der Waals surface area contributed by atoms with Gasteiger partial charge in [-0.05, 0) is 19.4 Å². The van der Waals surface area contributed by atoms with E-state index in [4.69, 9.17) is 16.7 Å². The minimum atomic E-state index is -0.473. The number of nitriles is 1. The molecular formula is C9H12N4O. The normalized spacial score (nSPS) is 9.79. The molecule has 0 atom stereocenters. The Bertz CT molecular complexity index is 425. The summed E-state index contributed by atoms with van der Waals surface area (Å²) in [5, 5.41) is 8.81. The summed E-state index contributed by atoms with van der Waals surface area (Å²) in [6.45, 7) is 3.61. The molecule has 0 spiro atoms. The molecule has 0 saturated heterocycles. The van der Waals surface area contributed by atoms with Crippen LogP contribution in [0, 0.1) is 25.2 Å². The zero-order valence-corrected chi connectivity index (χ0v) is 8.16. The predicted octanol–water partition coefficient (Wildman–Crippen LogP) is 0.0441. The van der Waals surface area contributed by atoms with Gasteiger partial charge in [0.15, 0.2) is 0 Å². The summed E-state index contributed by atoms with van der Waals surface area (Å²) in [6, 6.07) is 2.00. The second kappa shape index (κ2) is 3.42. The molecule has 0 aliphatic rings. The third-order valence-corrected chi connectivity index (χ3v) is 2.30. The fourth-order valence-electron chi connectivity index (χ4n) is 1.39. The number of carbonyl (C=O) groups excluding carboxylic acids is 1. The largest absolute Gasteiger partial charge is 0.384 e. The van der Waals surface area contributed by atoms with Crippen molar-refractivity contribution in [1.82, 2.24) is 4.57 Å². The van der Waals surface area contributed by atoms with E-state index in [1.807, 2.05) is 6.07 Å². The third kappa shape index (κ3) is 1.42. The Morgan fingerprint density at radius 2 is 2.14 bits per heavy atom. The van der Waals surface area contributed by atoms with Gasteiger partial charge in [-0.1, -0.05) is 0 Å². The fraction of sp³-hybridized carbons (Fsp3) is 0.333. The van der Waals surface area contributed by atoms with Crippen molar-refractivity contribution in [1.29, 1.82) is 5.26 Å². The molecule has 5 heteroatoms. The second-order valence-electron chi connectivity index (χ2n) is 3.13. The molecule has 1 aromatic heterocycles. The molecule has 0 fully saturated rings. The average molecular weight is 192 g/mol. The van der Waals surface area contributed by atoms with Crippen LogP contribution in [0.25, 0.3) is 0 Å². The summed E-state index contributed by atoms with van der Waals surface area (Å²) >= 11 is 0. The number of nitrogens with zero attached hydrogens (tertiary/aromatic N) is 2. The van der Waals surface area contributed by atoms with Gasteiger partial charge in [0.05, 0.1) is 5.56 Å². The van der Waals surface area contributed by atoms with E-state index in [0.29, 0.717) is 11.4 Å². The van der Waals surface area contributed by atoms with Crippen molar-refractivity contribution in [2.24, 2.45) is 5.73 Å². The van der Waals surface area contributed by atoms with Crippen LogP contribution >= 0.6 is 0 Å². The lowest BCUT2D eigenvalue weighted by Crippen LogP contribution is -2.20. The van der Waals surface area contributed by atoms with Crippen LogP contribution in [0.4, 0.5) is 5.82 Å². The first kappa shape index (κ1) is 10.1. The van der Waals surface area contributed by atoms with Crippen LogP contribution in [0.5, 0.6) is 0 Å². The van der Waals surface area contributed by atoms with E-state index < -0.39 is 5.91 Å². The zero-order chi connectivity index (χ0) is 10.9. The molecule has 1 heterocycles. The summed E-state index contributed by atoms with van der Waals surface area (Å²) in [5.41, 5.74) is 12.8. The topological polar surface area (TPSA) is 97.8 Å². The first-order valence-electron chi connectivity index (χ1n) is 4.12. The Morgan fingerprint density at radius 1 is 1.57 bits per heavy atom. The highest BCUT2D eigenvalue weighted by Gasteiger charge is 2.15. The van der Waals surface area contributed by atoms with Gasteiger partial charge in [0.25, 0.3) is 0 Å². The Balaban J connectivity index is 3.32. The lowest BCUT2D eigenvalue weighted by atomic mass is 10.2. The number of amides is 1. The third-order valence-electron chi connectivity index (χ3n) is 2.30. The molecule has 0 unspecified atom stereocenters. The molecule has 1 amide bonds. The van der Waals surface area contributed by atoms with Crippen molar-refractivity contribution in [3.05, 3.63) is 16.8 Å². The fourth-order valence-corrected chi connectivity index (χ4v) is 1.39. The molecule has 5 nitrogen and oxygen atoms in total. The Hall–Kier alpha value is -1.96. The minimum absolute atomic E-state index is 0.0141.